The molecule has 0 spiro atoms. The molecule has 0 atom stereocenters. The van der Waals surface area contributed by atoms with Gasteiger partial charge in [-0.2, -0.15) is 0 Å². The third kappa shape index (κ3) is 9.14. The third-order valence-electron chi connectivity index (χ3n) is 0. The first-order valence-corrected chi connectivity index (χ1v) is 15.0. The molecule has 0 heterocycles. The van der Waals surface area contributed by atoms with Crippen LogP contribution in [-0.2, 0) is 0 Å². The predicted molar refractivity (Wildman–Crippen MR) is 28.6 cm³/mol. The topological polar surface area (TPSA) is 0 Å². The van der Waals surface area contributed by atoms with E-state index in [1.807, 2.05) is 0 Å². The Morgan fingerprint density at radius 1 is 0.750 bits per heavy atom. The Hall–Kier alpha value is 3.60. The summed E-state index contributed by atoms with van der Waals surface area (Å²) in [5.74, 6) is 0. The average molecular weight is 287 g/mol. The fraction of sp³-hybridized carbons (Fsp3) is 0. The first kappa shape index (κ1) is 15.6. The van der Waals surface area contributed by atoms with E-state index >= 15 is 0 Å². The fourth-order valence-corrected chi connectivity index (χ4v) is 0. The summed E-state index contributed by atoms with van der Waals surface area (Å²) in [6, 6.07) is 0. The Labute approximate surface area is 93.7 Å². The first-order chi connectivity index (χ1) is 1.00. The van der Waals surface area contributed by atoms with E-state index in [4.69, 9.17) is 0 Å². The van der Waals surface area contributed by atoms with E-state index in [0.717, 1.165) is 0 Å². The van der Waals surface area contributed by atoms with E-state index in [1.165, 1.54) is 37.1 Å². The summed E-state index contributed by atoms with van der Waals surface area (Å²) in [6.07, 6.45) is 0. The average Bonchev–Trinajstić information content (AvgIpc) is 1.00. The second kappa shape index (κ2) is 16.0. The van der Waals surface area contributed by atoms with Crippen molar-refractivity contribution in [1.29, 1.82) is 0 Å². The molecule has 14 valence electrons. The molecule has 0 bridgehead atoms. The maximum atomic E-state index is 1.48. The monoisotopic (exact) mass is 290 g/mol. The van der Waals surface area contributed by atoms with Crippen LogP contribution in [0.4, 0.5) is 0 Å². The molecule has 4 heavy (non-hydrogen) atoms. The molecule has 0 fully saturated rings. The summed E-state index contributed by atoms with van der Waals surface area (Å²) in [5.41, 5.74) is 0. The normalized spacial score (nSPS) is 1.50. The van der Waals surface area contributed by atoms with Gasteiger partial charge >= 0.3 is 96.3 Å². The Morgan fingerprint density at radius 2 is 0.750 bits per heavy atom. The maximum absolute atomic E-state index is 1.48. The summed E-state index contributed by atoms with van der Waals surface area (Å²) in [4.78, 5) is 0. The van der Waals surface area contributed by atoms with E-state index < -0.39 is 0 Å². The van der Waals surface area contributed by atoms with Gasteiger partial charge in [0.05, 0.1) is 0 Å². The minimum absolute atomic E-state index is 0. The molecular weight excluding hydrogens is 283 g/mol. The van der Waals surface area contributed by atoms with Gasteiger partial charge in [-0.05, 0) is 0 Å². The molecule has 0 N–H and O–H groups in total. The first-order valence-electron chi connectivity index (χ1n) is 0.333. The predicted octanol–water partition coefficient (Wildman–Crippen LogP) is -2.59. The fourth-order valence-electron chi connectivity index (χ4n) is 0. The van der Waals surface area contributed by atoms with Gasteiger partial charge in [0.1, 0.15) is 0 Å². The van der Waals surface area contributed by atoms with E-state index in [0.29, 0.717) is 0 Å². The van der Waals surface area contributed by atoms with Crippen LogP contribution in [0.2, 0.25) is 0 Å². The van der Waals surface area contributed by atoms with Crippen molar-refractivity contribution < 1.29 is 0 Å². The molecule has 4 radical (unpaired) electrons. The number of hydrogen-bond donors (Lipinski definition) is 0. The molecule has 0 aliphatic heterocycles. The Morgan fingerprint density at radius 3 is 0.750 bits per heavy atom. The van der Waals surface area contributed by atoms with Crippen molar-refractivity contribution in [2.45, 2.75) is 0 Å². The van der Waals surface area contributed by atoms with Crippen LogP contribution in [0.1, 0.15) is 0 Å². The van der Waals surface area contributed by atoms with Crippen molar-refractivity contribution in [2.75, 3.05) is 0 Å². The van der Waals surface area contributed by atoms with Gasteiger partial charge in [-0.3, -0.25) is 0 Å². The standard InChI is InChI=1S/2Na.2Sn.4H. The molecule has 0 aliphatic rings. The van der Waals surface area contributed by atoms with Gasteiger partial charge in [0.25, 0.3) is 0 Å². The van der Waals surface area contributed by atoms with E-state index in [9.17, 15) is 0 Å². The SMILES string of the molecule is [NaH].[NaH].[SnH][SnH]. The van der Waals surface area contributed by atoms with Crippen molar-refractivity contribution >= 4 is 96.3 Å². The Kier molecular flexibility index (Phi) is 62.5. The van der Waals surface area contributed by atoms with Crippen LogP contribution in [0.3, 0.4) is 0 Å². The number of hydrogen-bond acceptors (Lipinski definition) is 0. The third-order valence-corrected chi connectivity index (χ3v) is 0. The van der Waals surface area contributed by atoms with Crippen molar-refractivity contribution in [3.05, 3.63) is 0 Å². The summed E-state index contributed by atoms with van der Waals surface area (Å²) in [6.45, 7) is 0. The molecule has 0 aromatic rings. The van der Waals surface area contributed by atoms with Crippen LogP contribution in [0.25, 0.3) is 0 Å². The Balaban J connectivity index is -0.00000000500. The van der Waals surface area contributed by atoms with Crippen molar-refractivity contribution in [3.8, 4) is 0 Å². The van der Waals surface area contributed by atoms with E-state index in [1.54, 1.807) is 0 Å². The zero-order valence-electron chi connectivity index (χ0n) is 1.15. The summed E-state index contributed by atoms with van der Waals surface area (Å²) in [5, 5.41) is 0. The molecule has 0 aromatic carbocycles. The quantitative estimate of drug-likeness (QED) is 0.429. The zero-order chi connectivity index (χ0) is 2.00. The van der Waals surface area contributed by atoms with Gasteiger partial charge in [0, 0.05) is 0 Å². The van der Waals surface area contributed by atoms with Crippen LogP contribution in [-0.4, -0.2) is 96.3 Å². The van der Waals surface area contributed by atoms with Crippen molar-refractivity contribution in [3.63, 3.8) is 0 Å². The molecule has 0 saturated heterocycles. The molecule has 4 heteroatoms. The van der Waals surface area contributed by atoms with Gasteiger partial charge in [0.2, 0.25) is 0 Å². The van der Waals surface area contributed by atoms with E-state index in [-0.39, 0.29) is 59.1 Å². The van der Waals surface area contributed by atoms with Gasteiger partial charge < -0.3 is 0 Å². The van der Waals surface area contributed by atoms with Crippen LogP contribution >= 0.6 is 0 Å². The van der Waals surface area contributed by atoms with Crippen LogP contribution in [0.15, 0.2) is 0 Å². The summed E-state index contributed by atoms with van der Waals surface area (Å²) in [7, 11) is 0. The molecule has 0 unspecified atom stereocenters. The summed E-state index contributed by atoms with van der Waals surface area (Å²) >= 11 is 2.96. The van der Waals surface area contributed by atoms with Gasteiger partial charge in [-0.25, -0.2) is 0 Å². The Bertz CT molecular complexity index is 4.00. The molecular formula is H4Na2Sn2. The molecule has 0 nitrogen and oxygen atoms in total. The van der Waals surface area contributed by atoms with Gasteiger partial charge in [-0.15, -0.1) is 0 Å². The van der Waals surface area contributed by atoms with Crippen molar-refractivity contribution in [2.24, 2.45) is 0 Å². The van der Waals surface area contributed by atoms with Crippen LogP contribution in [0, 0.1) is 0 Å². The number of rotatable bonds is 0. The second-order valence-corrected chi connectivity index (χ2v) is 0. The van der Waals surface area contributed by atoms with Gasteiger partial charge in [-0.1, -0.05) is 0 Å². The minimum atomic E-state index is 0. The van der Waals surface area contributed by atoms with Crippen molar-refractivity contribution in [1.82, 2.24) is 0 Å². The molecule has 0 saturated carbocycles. The zero-order valence-corrected chi connectivity index (χ0v) is 7.75. The van der Waals surface area contributed by atoms with Gasteiger partial charge in [0.15, 0.2) is 0 Å². The molecule has 0 aromatic heterocycles. The molecule has 0 amide bonds. The van der Waals surface area contributed by atoms with Crippen LogP contribution < -0.4 is 0 Å². The molecule has 0 rings (SSSR count). The second-order valence-electron chi connectivity index (χ2n) is 0. The molecule has 0 aliphatic carbocycles. The van der Waals surface area contributed by atoms with E-state index in [2.05, 4.69) is 0 Å². The summed E-state index contributed by atoms with van der Waals surface area (Å²) < 4.78 is 0. The van der Waals surface area contributed by atoms with Crippen LogP contribution in [0.5, 0.6) is 0 Å².